The van der Waals surface area contributed by atoms with Crippen molar-refractivity contribution in [3.8, 4) is 0 Å². The number of carbonyl (C=O) groups is 1. The van der Waals surface area contributed by atoms with Crippen LogP contribution in [0.15, 0.2) is 24.3 Å². The number of hydrogen-bond donors (Lipinski definition) is 2. The second-order valence-electron chi connectivity index (χ2n) is 3.46. The summed E-state index contributed by atoms with van der Waals surface area (Å²) in [6.45, 7) is 0.484. The van der Waals surface area contributed by atoms with Gasteiger partial charge in [0.25, 0.3) is 0 Å². The van der Waals surface area contributed by atoms with Crippen LogP contribution in [0.25, 0.3) is 0 Å². The van der Waals surface area contributed by atoms with Crippen LogP contribution in [0.3, 0.4) is 0 Å². The molecule has 0 bridgehead atoms. The zero-order valence-electron chi connectivity index (χ0n) is 9.46. The maximum atomic E-state index is 12.3. The van der Waals surface area contributed by atoms with Gasteiger partial charge in [-0.25, -0.2) is 0 Å². The van der Waals surface area contributed by atoms with Crippen LogP contribution < -0.4 is 11.1 Å². The van der Waals surface area contributed by atoms with Gasteiger partial charge in [0.15, 0.2) is 0 Å². The summed E-state index contributed by atoms with van der Waals surface area (Å²) in [5.74, 6) is 0.645. The predicted octanol–water partition coefficient (Wildman–Crippen LogP) is 2.34. The highest BCUT2D eigenvalue weighted by Crippen LogP contribution is 2.29. The summed E-state index contributed by atoms with van der Waals surface area (Å²) in [6, 6.07) is 4.33. The molecule has 0 aliphatic rings. The lowest BCUT2D eigenvalue weighted by molar-refractivity contribution is -0.137. The first-order valence-corrected chi connectivity index (χ1v) is 6.34. The lowest BCUT2D eigenvalue weighted by atomic mass is 10.2. The zero-order valence-corrected chi connectivity index (χ0v) is 10.3. The Hall–Kier alpha value is -1.21. The molecule has 3 N–H and O–H groups in total. The monoisotopic (exact) mass is 278 g/mol. The highest BCUT2D eigenvalue weighted by molar-refractivity contribution is 7.99. The van der Waals surface area contributed by atoms with Crippen molar-refractivity contribution in [3.63, 3.8) is 0 Å². The van der Waals surface area contributed by atoms with Crippen LogP contribution >= 0.6 is 11.8 Å². The highest BCUT2D eigenvalue weighted by Gasteiger charge is 2.29. The Kier molecular flexibility index (Phi) is 5.49. The summed E-state index contributed by atoms with van der Waals surface area (Å²) < 4.78 is 36.9. The third-order valence-electron chi connectivity index (χ3n) is 1.99. The molecule has 0 radical (unpaired) electrons. The molecule has 0 spiro atoms. The van der Waals surface area contributed by atoms with Gasteiger partial charge >= 0.3 is 6.18 Å². The van der Waals surface area contributed by atoms with Crippen molar-refractivity contribution in [2.24, 2.45) is 5.73 Å². The average molecular weight is 278 g/mol. The van der Waals surface area contributed by atoms with E-state index in [1.54, 1.807) is 0 Å². The van der Waals surface area contributed by atoms with Crippen molar-refractivity contribution >= 4 is 23.4 Å². The number of hydrogen-bond acceptors (Lipinski definition) is 3. The Labute approximate surface area is 107 Å². The number of anilines is 1. The number of carbonyl (C=O) groups excluding carboxylic acids is 1. The van der Waals surface area contributed by atoms with E-state index < -0.39 is 11.7 Å². The molecule has 7 heteroatoms. The minimum Gasteiger partial charge on any atom is -0.330 e. The molecular formula is C11H13F3N2OS. The first-order chi connectivity index (χ1) is 8.43. The molecule has 0 fully saturated rings. The Morgan fingerprint density at radius 1 is 1.28 bits per heavy atom. The number of alkyl halides is 3. The third-order valence-corrected chi connectivity index (χ3v) is 2.98. The number of nitrogens with one attached hydrogen (secondary N) is 1. The van der Waals surface area contributed by atoms with Crippen molar-refractivity contribution in [1.29, 1.82) is 0 Å². The number of halogens is 3. The number of benzene rings is 1. The van der Waals surface area contributed by atoms with Crippen molar-refractivity contribution < 1.29 is 18.0 Å². The van der Waals surface area contributed by atoms with Crippen LogP contribution in [0.5, 0.6) is 0 Å². The van der Waals surface area contributed by atoms with Gasteiger partial charge in [-0.2, -0.15) is 24.9 Å². The topological polar surface area (TPSA) is 55.1 Å². The maximum Gasteiger partial charge on any atom is 0.416 e. The van der Waals surface area contributed by atoms with Gasteiger partial charge in [-0.1, -0.05) is 0 Å². The molecule has 0 aliphatic carbocycles. The number of nitrogens with two attached hydrogens (primary N) is 1. The Morgan fingerprint density at radius 2 is 1.89 bits per heavy atom. The van der Waals surface area contributed by atoms with Gasteiger partial charge in [0, 0.05) is 18.0 Å². The van der Waals surface area contributed by atoms with E-state index in [1.165, 1.54) is 23.9 Å². The smallest absolute Gasteiger partial charge is 0.330 e. The van der Waals surface area contributed by atoms with E-state index in [0.717, 1.165) is 12.1 Å². The Bertz CT molecular complexity index is 392. The largest absolute Gasteiger partial charge is 0.416 e. The summed E-state index contributed by atoms with van der Waals surface area (Å²) in [5, 5.41) is 2.51. The van der Waals surface area contributed by atoms with Crippen molar-refractivity contribution in [2.45, 2.75) is 6.18 Å². The van der Waals surface area contributed by atoms with Crippen molar-refractivity contribution in [2.75, 3.05) is 23.4 Å². The van der Waals surface area contributed by atoms with Crippen LogP contribution in [-0.4, -0.2) is 24.0 Å². The van der Waals surface area contributed by atoms with Crippen LogP contribution in [0.1, 0.15) is 5.56 Å². The molecule has 0 unspecified atom stereocenters. The van der Waals surface area contributed by atoms with Crippen LogP contribution in [-0.2, 0) is 11.0 Å². The van der Waals surface area contributed by atoms with Crippen LogP contribution in [0.2, 0.25) is 0 Å². The molecule has 1 aromatic carbocycles. The molecule has 0 aromatic heterocycles. The highest BCUT2D eigenvalue weighted by atomic mass is 32.2. The van der Waals surface area contributed by atoms with Crippen molar-refractivity contribution in [1.82, 2.24) is 0 Å². The van der Waals surface area contributed by atoms with Gasteiger partial charge in [0.1, 0.15) is 0 Å². The predicted molar refractivity (Wildman–Crippen MR) is 66.5 cm³/mol. The third kappa shape index (κ3) is 4.97. The van der Waals surface area contributed by atoms with E-state index in [1.807, 2.05) is 0 Å². The maximum absolute atomic E-state index is 12.3. The molecule has 1 aromatic rings. The van der Waals surface area contributed by atoms with Gasteiger partial charge in [0.05, 0.1) is 11.3 Å². The fourth-order valence-electron chi connectivity index (χ4n) is 1.19. The SMILES string of the molecule is NCCSCC(=O)Nc1ccc(C(F)(F)F)cc1. The second kappa shape index (κ2) is 6.65. The number of rotatable bonds is 5. The minimum atomic E-state index is -4.36. The van der Waals surface area contributed by atoms with Gasteiger partial charge < -0.3 is 11.1 Å². The van der Waals surface area contributed by atoms with Gasteiger partial charge in [-0.15, -0.1) is 0 Å². The molecule has 18 heavy (non-hydrogen) atoms. The van der Waals surface area contributed by atoms with E-state index in [9.17, 15) is 18.0 Å². The lowest BCUT2D eigenvalue weighted by Gasteiger charge is -2.08. The fraction of sp³-hybridized carbons (Fsp3) is 0.364. The molecule has 0 saturated carbocycles. The lowest BCUT2D eigenvalue weighted by Crippen LogP contribution is -2.15. The summed E-state index contributed by atoms with van der Waals surface area (Å²) in [5.41, 5.74) is 4.88. The molecule has 100 valence electrons. The Balaban J connectivity index is 2.51. The average Bonchev–Trinajstić information content (AvgIpc) is 2.29. The molecule has 0 aliphatic heterocycles. The summed E-state index contributed by atoms with van der Waals surface area (Å²) in [6.07, 6.45) is -4.36. The molecule has 0 saturated heterocycles. The first-order valence-electron chi connectivity index (χ1n) is 5.18. The number of amides is 1. The molecular weight excluding hydrogens is 265 g/mol. The standard InChI is InChI=1S/C11H13F3N2OS/c12-11(13,14)8-1-3-9(4-2-8)16-10(17)7-18-6-5-15/h1-4H,5-7,15H2,(H,16,17). The van der Waals surface area contributed by atoms with E-state index in [4.69, 9.17) is 5.73 Å². The normalized spacial score (nSPS) is 11.3. The second-order valence-corrected chi connectivity index (χ2v) is 4.57. The minimum absolute atomic E-state index is 0.234. The quantitative estimate of drug-likeness (QED) is 0.813. The molecule has 0 atom stereocenters. The van der Waals surface area contributed by atoms with Crippen molar-refractivity contribution in [3.05, 3.63) is 29.8 Å². The molecule has 1 amide bonds. The van der Waals surface area contributed by atoms with Crippen LogP contribution in [0, 0.1) is 0 Å². The molecule has 3 nitrogen and oxygen atoms in total. The molecule has 1 rings (SSSR count). The van der Waals surface area contributed by atoms with E-state index >= 15 is 0 Å². The molecule has 0 heterocycles. The van der Waals surface area contributed by atoms with Gasteiger partial charge in [0.2, 0.25) is 5.91 Å². The summed E-state index contributed by atoms with van der Waals surface area (Å²) >= 11 is 1.37. The van der Waals surface area contributed by atoms with E-state index in [-0.39, 0.29) is 11.7 Å². The first kappa shape index (κ1) is 14.8. The van der Waals surface area contributed by atoms with Crippen LogP contribution in [0.4, 0.5) is 18.9 Å². The van der Waals surface area contributed by atoms with Gasteiger partial charge in [-0.3, -0.25) is 4.79 Å². The van der Waals surface area contributed by atoms with E-state index in [0.29, 0.717) is 18.0 Å². The fourth-order valence-corrected chi connectivity index (χ4v) is 1.76. The van der Waals surface area contributed by atoms with Gasteiger partial charge in [-0.05, 0) is 24.3 Å². The van der Waals surface area contributed by atoms with E-state index in [2.05, 4.69) is 5.32 Å². The summed E-state index contributed by atoms with van der Waals surface area (Å²) in [4.78, 5) is 11.4. The summed E-state index contributed by atoms with van der Waals surface area (Å²) in [7, 11) is 0. The Morgan fingerprint density at radius 3 is 2.39 bits per heavy atom. The zero-order chi connectivity index (χ0) is 13.6. The number of thioether (sulfide) groups is 1.